The maximum Gasteiger partial charge on any atom is 0.246 e. The van der Waals surface area contributed by atoms with Crippen LogP contribution in [0.4, 0.5) is 5.82 Å². The van der Waals surface area contributed by atoms with Crippen LogP contribution in [-0.4, -0.2) is 27.3 Å². The zero-order chi connectivity index (χ0) is 17.6. The summed E-state index contributed by atoms with van der Waals surface area (Å²) in [5, 5.41) is 10.3. The van der Waals surface area contributed by atoms with Crippen LogP contribution in [-0.2, 0) is 6.54 Å². The highest BCUT2D eigenvalue weighted by molar-refractivity contribution is 9.10. The smallest absolute Gasteiger partial charge is 0.246 e. The number of nitrogens with one attached hydrogen (secondary N) is 2. The average molecular weight is 420 g/mol. The number of methoxy groups -OCH3 is 1. The van der Waals surface area contributed by atoms with Crippen LogP contribution in [0.3, 0.4) is 0 Å². The van der Waals surface area contributed by atoms with Crippen LogP contribution >= 0.6 is 28.1 Å². The molecule has 0 spiro atoms. The second kappa shape index (κ2) is 8.04. The SMILES string of the molecule is COc1cccnc1NC(=S)NCc1nc(-c2cccc(Br)c2)no1. The molecule has 0 aliphatic rings. The van der Waals surface area contributed by atoms with Gasteiger partial charge in [0, 0.05) is 16.2 Å². The lowest BCUT2D eigenvalue weighted by atomic mass is 10.2. The molecule has 0 amide bonds. The van der Waals surface area contributed by atoms with E-state index in [0.717, 1.165) is 10.0 Å². The molecule has 2 aromatic heterocycles. The van der Waals surface area contributed by atoms with Crippen molar-refractivity contribution in [2.45, 2.75) is 6.54 Å². The zero-order valence-corrected chi connectivity index (χ0v) is 15.6. The van der Waals surface area contributed by atoms with Gasteiger partial charge in [0.2, 0.25) is 11.7 Å². The van der Waals surface area contributed by atoms with Crippen molar-refractivity contribution in [3.63, 3.8) is 0 Å². The van der Waals surface area contributed by atoms with Crippen molar-refractivity contribution in [1.82, 2.24) is 20.4 Å². The Morgan fingerprint density at radius 2 is 2.20 bits per heavy atom. The van der Waals surface area contributed by atoms with Gasteiger partial charge >= 0.3 is 0 Å². The van der Waals surface area contributed by atoms with Crippen molar-refractivity contribution in [2.75, 3.05) is 12.4 Å². The molecule has 3 aromatic rings. The van der Waals surface area contributed by atoms with Gasteiger partial charge < -0.3 is 19.9 Å². The standard InChI is InChI=1S/C16H14BrN5O2S/c1-23-12-6-3-7-18-15(12)21-16(25)19-9-13-20-14(22-24-13)10-4-2-5-11(17)8-10/h2-8H,9H2,1H3,(H2,18,19,21,25). The van der Waals surface area contributed by atoms with Gasteiger partial charge in [-0.25, -0.2) is 4.98 Å². The molecule has 2 N–H and O–H groups in total. The molecule has 25 heavy (non-hydrogen) atoms. The van der Waals surface area contributed by atoms with E-state index in [1.807, 2.05) is 24.3 Å². The van der Waals surface area contributed by atoms with Gasteiger partial charge in [-0.15, -0.1) is 0 Å². The first-order chi connectivity index (χ1) is 12.2. The first-order valence-corrected chi connectivity index (χ1v) is 8.48. The van der Waals surface area contributed by atoms with Gasteiger partial charge in [-0.1, -0.05) is 33.2 Å². The first kappa shape index (κ1) is 17.3. The molecule has 7 nitrogen and oxygen atoms in total. The Bertz CT molecular complexity index is 886. The number of benzene rings is 1. The van der Waals surface area contributed by atoms with E-state index < -0.39 is 0 Å². The van der Waals surface area contributed by atoms with Crippen molar-refractivity contribution in [3.8, 4) is 17.1 Å². The highest BCUT2D eigenvalue weighted by Gasteiger charge is 2.10. The summed E-state index contributed by atoms with van der Waals surface area (Å²) in [7, 11) is 1.57. The summed E-state index contributed by atoms with van der Waals surface area (Å²) in [5.74, 6) is 2.07. The lowest BCUT2D eigenvalue weighted by Gasteiger charge is -2.10. The predicted molar refractivity (Wildman–Crippen MR) is 101 cm³/mol. The second-order valence-electron chi connectivity index (χ2n) is 4.88. The lowest BCUT2D eigenvalue weighted by Crippen LogP contribution is -2.28. The third-order valence-electron chi connectivity index (χ3n) is 3.17. The zero-order valence-electron chi connectivity index (χ0n) is 13.2. The molecule has 2 heterocycles. The van der Waals surface area contributed by atoms with Gasteiger partial charge in [-0.2, -0.15) is 4.98 Å². The maximum absolute atomic E-state index is 5.25. The fourth-order valence-corrected chi connectivity index (χ4v) is 2.60. The third kappa shape index (κ3) is 4.52. The summed E-state index contributed by atoms with van der Waals surface area (Å²) < 4.78 is 11.4. The topological polar surface area (TPSA) is 85.1 Å². The molecule has 0 aliphatic carbocycles. The number of rotatable bonds is 5. The van der Waals surface area contributed by atoms with Crippen molar-refractivity contribution in [3.05, 3.63) is 53.0 Å². The van der Waals surface area contributed by atoms with Crippen LogP contribution in [0.1, 0.15) is 5.89 Å². The molecule has 0 atom stereocenters. The summed E-state index contributed by atoms with van der Waals surface area (Å²) in [4.78, 5) is 8.52. The summed E-state index contributed by atoms with van der Waals surface area (Å²) in [6.45, 7) is 0.294. The fraction of sp³-hybridized carbons (Fsp3) is 0.125. The number of aromatic nitrogens is 3. The Morgan fingerprint density at radius 1 is 1.32 bits per heavy atom. The van der Waals surface area contributed by atoms with Crippen LogP contribution < -0.4 is 15.4 Å². The molecule has 3 rings (SSSR count). The van der Waals surface area contributed by atoms with Gasteiger partial charge in [0.15, 0.2) is 16.7 Å². The molecule has 0 fully saturated rings. The number of halogens is 1. The Morgan fingerprint density at radius 3 is 3.00 bits per heavy atom. The lowest BCUT2D eigenvalue weighted by molar-refractivity contribution is 0.376. The minimum absolute atomic E-state index is 0.294. The van der Waals surface area contributed by atoms with E-state index in [2.05, 4.69) is 41.7 Å². The number of pyridine rings is 1. The molecule has 1 aromatic carbocycles. The van der Waals surface area contributed by atoms with E-state index in [0.29, 0.717) is 34.9 Å². The quantitative estimate of drug-likeness (QED) is 0.608. The Balaban J connectivity index is 1.59. The third-order valence-corrected chi connectivity index (χ3v) is 3.91. The van der Waals surface area contributed by atoms with E-state index in [1.54, 1.807) is 25.4 Å². The molecule has 0 radical (unpaired) electrons. The highest BCUT2D eigenvalue weighted by atomic mass is 79.9. The monoisotopic (exact) mass is 419 g/mol. The number of hydrogen-bond donors (Lipinski definition) is 2. The summed E-state index contributed by atoms with van der Waals surface area (Å²) >= 11 is 8.67. The van der Waals surface area contributed by atoms with Crippen molar-refractivity contribution in [1.29, 1.82) is 0 Å². The summed E-state index contributed by atoms with van der Waals surface area (Å²) in [5.41, 5.74) is 0.864. The summed E-state index contributed by atoms with van der Waals surface area (Å²) in [6, 6.07) is 11.2. The largest absolute Gasteiger partial charge is 0.493 e. The van der Waals surface area contributed by atoms with E-state index in [-0.39, 0.29) is 0 Å². The predicted octanol–water partition coefficient (Wildman–Crippen LogP) is 3.39. The maximum atomic E-state index is 5.25. The first-order valence-electron chi connectivity index (χ1n) is 7.28. The molecule has 0 unspecified atom stereocenters. The Labute approximate surface area is 157 Å². The van der Waals surface area contributed by atoms with E-state index in [4.69, 9.17) is 21.5 Å². The van der Waals surface area contributed by atoms with Crippen LogP contribution in [0.2, 0.25) is 0 Å². The number of hydrogen-bond acceptors (Lipinski definition) is 6. The van der Waals surface area contributed by atoms with Gasteiger partial charge in [-0.3, -0.25) is 0 Å². The fourth-order valence-electron chi connectivity index (χ4n) is 2.03. The number of ether oxygens (including phenoxy) is 1. The molecule has 0 saturated heterocycles. The van der Waals surface area contributed by atoms with Crippen LogP contribution in [0.15, 0.2) is 51.6 Å². The average Bonchev–Trinajstić information content (AvgIpc) is 3.09. The van der Waals surface area contributed by atoms with Gasteiger partial charge in [0.05, 0.1) is 13.7 Å². The molecule has 0 saturated carbocycles. The van der Waals surface area contributed by atoms with Gasteiger partial charge in [0.1, 0.15) is 0 Å². The van der Waals surface area contributed by atoms with E-state index >= 15 is 0 Å². The summed E-state index contributed by atoms with van der Waals surface area (Å²) in [6.07, 6.45) is 1.65. The van der Waals surface area contributed by atoms with Gasteiger partial charge in [0.25, 0.3) is 0 Å². The van der Waals surface area contributed by atoms with Crippen molar-refractivity contribution >= 4 is 39.1 Å². The Hall–Kier alpha value is -2.52. The molecule has 0 aliphatic heterocycles. The number of nitrogens with zero attached hydrogens (tertiary/aromatic N) is 3. The molecule has 9 heteroatoms. The number of thiocarbonyl (C=S) groups is 1. The second-order valence-corrected chi connectivity index (χ2v) is 6.21. The minimum Gasteiger partial charge on any atom is -0.493 e. The van der Waals surface area contributed by atoms with Gasteiger partial charge in [-0.05, 0) is 36.5 Å². The molecule has 0 bridgehead atoms. The minimum atomic E-state index is 0.294. The van der Waals surface area contributed by atoms with E-state index in [1.165, 1.54) is 0 Å². The molecular weight excluding hydrogens is 406 g/mol. The normalized spacial score (nSPS) is 10.3. The van der Waals surface area contributed by atoms with Crippen LogP contribution in [0.25, 0.3) is 11.4 Å². The van der Waals surface area contributed by atoms with Crippen LogP contribution in [0.5, 0.6) is 5.75 Å². The number of anilines is 1. The Kier molecular flexibility index (Phi) is 5.56. The molecule has 128 valence electrons. The van der Waals surface area contributed by atoms with Crippen molar-refractivity contribution < 1.29 is 9.26 Å². The molecular formula is C16H14BrN5O2S. The van der Waals surface area contributed by atoms with E-state index in [9.17, 15) is 0 Å². The van der Waals surface area contributed by atoms with Crippen molar-refractivity contribution in [2.24, 2.45) is 0 Å². The highest BCUT2D eigenvalue weighted by Crippen LogP contribution is 2.21. The van der Waals surface area contributed by atoms with Crippen LogP contribution in [0, 0.1) is 0 Å².